The summed E-state index contributed by atoms with van der Waals surface area (Å²) in [6.07, 6.45) is 6.33. The SMILES string of the molecule is C#CCCNCC(O)CC. The van der Waals surface area contributed by atoms with E-state index >= 15 is 0 Å². The molecule has 0 saturated heterocycles. The van der Waals surface area contributed by atoms with E-state index in [1.54, 1.807) is 0 Å². The fourth-order valence-corrected chi connectivity index (χ4v) is 0.574. The van der Waals surface area contributed by atoms with E-state index in [9.17, 15) is 0 Å². The highest BCUT2D eigenvalue weighted by Gasteiger charge is 1.96. The third-order valence-corrected chi connectivity index (χ3v) is 1.30. The number of rotatable bonds is 5. The van der Waals surface area contributed by atoms with Gasteiger partial charge >= 0.3 is 0 Å². The molecule has 0 amide bonds. The molecule has 1 unspecified atom stereocenters. The van der Waals surface area contributed by atoms with Gasteiger partial charge in [0.05, 0.1) is 6.10 Å². The molecule has 0 aliphatic heterocycles. The molecule has 2 N–H and O–H groups in total. The first kappa shape index (κ1) is 9.48. The van der Waals surface area contributed by atoms with Gasteiger partial charge in [0.25, 0.3) is 0 Å². The quantitative estimate of drug-likeness (QED) is 0.428. The molecule has 0 spiro atoms. The van der Waals surface area contributed by atoms with Crippen LogP contribution in [0.4, 0.5) is 0 Å². The highest BCUT2D eigenvalue weighted by Crippen LogP contribution is 1.85. The van der Waals surface area contributed by atoms with Crippen LogP contribution in [-0.4, -0.2) is 24.3 Å². The van der Waals surface area contributed by atoms with Crippen molar-refractivity contribution >= 4 is 0 Å². The Morgan fingerprint density at radius 1 is 1.70 bits per heavy atom. The van der Waals surface area contributed by atoms with Crippen molar-refractivity contribution in [1.82, 2.24) is 5.32 Å². The molecule has 0 aliphatic carbocycles. The molecule has 0 aromatic carbocycles. The maximum Gasteiger partial charge on any atom is 0.0662 e. The van der Waals surface area contributed by atoms with Crippen molar-refractivity contribution in [2.75, 3.05) is 13.1 Å². The molecule has 58 valence electrons. The maximum absolute atomic E-state index is 9.04. The monoisotopic (exact) mass is 141 g/mol. The van der Waals surface area contributed by atoms with E-state index in [-0.39, 0.29) is 6.10 Å². The first-order chi connectivity index (χ1) is 4.81. The van der Waals surface area contributed by atoms with E-state index in [1.165, 1.54) is 0 Å². The predicted molar refractivity (Wildman–Crippen MR) is 42.6 cm³/mol. The van der Waals surface area contributed by atoms with Crippen molar-refractivity contribution < 1.29 is 5.11 Å². The van der Waals surface area contributed by atoms with Gasteiger partial charge in [-0.25, -0.2) is 0 Å². The van der Waals surface area contributed by atoms with Crippen LogP contribution >= 0.6 is 0 Å². The topological polar surface area (TPSA) is 32.3 Å². The van der Waals surface area contributed by atoms with Crippen LogP contribution in [0.5, 0.6) is 0 Å². The normalized spacial score (nSPS) is 12.5. The van der Waals surface area contributed by atoms with E-state index in [4.69, 9.17) is 11.5 Å². The fourth-order valence-electron chi connectivity index (χ4n) is 0.574. The summed E-state index contributed by atoms with van der Waals surface area (Å²) >= 11 is 0. The zero-order valence-electron chi connectivity index (χ0n) is 6.43. The number of aliphatic hydroxyl groups excluding tert-OH is 1. The lowest BCUT2D eigenvalue weighted by Gasteiger charge is -2.06. The lowest BCUT2D eigenvalue weighted by atomic mass is 10.3. The van der Waals surface area contributed by atoms with Crippen LogP contribution < -0.4 is 5.32 Å². The summed E-state index contributed by atoms with van der Waals surface area (Å²) in [4.78, 5) is 0. The molecule has 0 aliphatic rings. The summed E-state index contributed by atoms with van der Waals surface area (Å²) in [7, 11) is 0. The Labute approximate surface area is 62.6 Å². The van der Waals surface area contributed by atoms with Crippen molar-refractivity contribution in [3.8, 4) is 12.3 Å². The first-order valence-corrected chi connectivity index (χ1v) is 3.63. The molecule has 0 heterocycles. The van der Waals surface area contributed by atoms with Crippen molar-refractivity contribution in [3.05, 3.63) is 0 Å². The zero-order chi connectivity index (χ0) is 7.82. The van der Waals surface area contributed by atoms with Crippen LogP contribution in [0, 0.1) is 12.3 Å². The molecule has 0 fully saturated rings. The Hall–Kier alpha value is -0.520. The molecular weight excluding hydrogens is 126 g/mol. The van der Waals surface area contributed by atoms with Crippen LogP contribution in [0.3, 0.4) is 0 Å². The summed E-state index contributed by atoms with van der Waals surface area (Å²) in [5.41, 5.74) is 0. The van der Waals surface area contributed by atoms with Gasteiger partial charge in [-0.05, 0) is 6.42 Å². The molecular formula is C8H15NO. The molecule has 0 rings (SSSR count). The molecule has 0 saturated carbocycles. The number of nitrogens with one attached hydrogen (secondary N) is 1. The predicted octanol–water partition coefficient (Wildman–Crippen LogP) is 0.370. The van der Waals surface area contributed by atoms with Gasteiger partial charge in [0.1, 0.15) is 0 Å². The average Bonchev–Trinajstić information content (AvgIpc) is 1.98. The number of aliphatic hydroxyl groups is 1. The van der Waals surface area contributed by atoms with Gasteiger partial charge in [0.2, 0.25) is 0 Å². The number of terminal acetylenes is 1. The van der Waals surface area contributed by atoms with Crippen molar-refractivity contribution in [1.29, 1.82) is 0 Å². The third kappa shape index (κ3) is 5.61. The second-order valence-corrected chi connectivity index (χ2v) is 2.22. The van der Waals surface area contributed by atoms with Crippen LogP contribution in [0.1, 0.15) is 19.8 Å². The van der Waals surface area contributed by atoms with Gasteiger partial charge in [-0.2, -0.15) is 0 Å². The van der Waals surface area contributed by atoms with Crippen LogP contribution in [-0.2, 0) is 0 Å². The second-order valence-electron chi connectivity index (χ2n) is 2.22. The lowest BCUT2D eigenvalue weighted by molar-refractivity contribution is 0.168. The highest BCUT2D eigenvalue weighted by molar-refractivity contribution is 4.84. The van der Waals surface area contributed by atoms with Crippen LogP contribution in [0.15, 0.2) is 0 Å². The van der Waals surface area contributed by atoms with E-state index in [2.05, 4.69) is 11.2 Å². The minimum absolute atomic E-state index is 0.224. The number of hydrogen-bond donors (Lipinski definition) is 2. The summed E-state index contributed by atoms with van der Waals surface area (Å²) in [5, 5.41) is 12.1. The summed E-state index contributed by atoms with van der Waals surface area (Å²) in [6.45, 7) is 3.40. The fraction of sp³-hybridized carbons (Fsp3) is 0.750. The molecule has 0 aromatic rings. The van der Waals surface area contributed by atoms with Gasteiger partial charge in [-0.3, -0.25) is 0 Å². The van der Waals surface area contributed by atoms with E-state index in [0.717, 1.165) is 19.4 Å². The Kier molecular flexibility index (Phi) is 6.25. The minimum Gasteiger partial charge on any atom is -0.392 e. The number of hydrogen-bond acceptors (Lipinski definition) is 2. The Morgan fingerprint density at radius 3 is 2.90 bits per heavy atom. The largest absolute Gasteiger partial charge is 0.392 e. The van der Waals surface area contributed by atoms with Crippen molar-refractivity contribution in [2.45, 2.75) is 25.9 Å². The van der Waals surface area contributed by atoms with Gasteiger partial charge in [-0.1, -0.05) is 6.92 Å². The summed E-state index contributed by atoms with van der Waals surface area (Å²) in [5.74, 6) is 2.52. The van der Waals surface area contributed by atoms with E-state index in [0.29, 0.717) is 6.54 Å². The minimum atomic E-state index is -0.224. The first-order valence-electron chi connectivity index (χ1n) is 3.63. The Balaban J connectivity index is 2.98. The van der Waals surface area contributed by atoms with E-state index < -0.39 is 0 Å². The van der Waals surface area contributed by atoms with Crippen LogP contribution in [0.2, 0.25) is 0 Å². The van der Waals surface area contributed by atoms with Gasteiger partial charge in [-0.15, -0.1) is 12.3 Å². The lowest BCUT2D eigenvalue weighted by Crippen LogP contribution is -2.26. The molecule has 0 radical (unpaired) electrons. The summed E-state index contributed by atoms with van der Waals surface area (Å²) < 4.78 is 0. The Bertz CT molecular complexity index is 106. The molecule has 1 atom stereocenters. The Morgan fingerprint density at radius 2 is 2.40 bits per heavy atom. The molecule has 2 heteroatoms. The average molecular weight is 141 g/mol. The van der Waals surface area contributed by atoms with Crippen LogP contribution in [0.25, 0.3) is 0 Å². The van der Waals surface area contributed by atoms with E-state index in [1.807, 2.05) is 6.92 Å². The van der Waals surface area contributed by atoms with Gasteiger partial charge in [0, 0.05) is 19.5 Å². The molecule has 0 bridgehead atoms. The third-order valence-electron chi connectivity index (χ3n) is 1.30. The summed E-state index contributed by atoms with van der Waals surface area (Å²) in [6, 6.07) is 0. The second kappa shape index (κ2) is 6.60. The molecule has 0 aromatic heterocycles. The molecule has 2 nitrogen and oxygen atoms in total. The standard InChI is InChI=1S/C8H15NO/c1-3-5-6-9-7-8(10)4-2/h1,8-10H,4-7H2,2H3. The van der Waals surface area contributed by atoms with Crippen molar-refractivity contribution in [3.63, 3.8) is 0 Å². The van der Waals surface area contributed by atoms with Gasteiger partial charge < -0.3 is 10.4 Å². The van der Waals surface area contributed by atoms with Crippen molar-refractivity contribution in [2.24, 2.45) is 0 Å². The smallest absolute Gasteiger partial charge is 0.0662 e. The maximum atomic E-state index is 9.04. The molecule has 10 heavy (non-hydrogen) atoms. The highest BCUT2D eigenvalue weighted by atomic mass is 16.3. The van der Waals surface area contributed by atoms with Gasteiger partial charge in [0.15, 0.2) is 0 Å². The zero-order valence-corrected chi connectivity index (χ0v) is 6.43.